The van der Waals surface area contributed by atoms with Crippen LogP contribution in [0.4, 0.5) is 0 Å². The molecule has 2 aromatic rings. The van der Waals surface area contributed by atoms with E-state index in [-0.39, 0.29) is 5.60 Å². The molecule has 1 N–H and O–H groups in total. The van der Waals surface area contributed by atoms with Crippen LogP contribution in [-0.4, -0.2) is 17.1 Å². The molecule has 0 unspecified atom stereocenters. The largest absolute Gasteiger partial charge is 0.371 e. The van der Waals surface area contributed by atoms with Crippen molar-refractivity contribution in [2.24, 2.45) is 0 Å². The van der Waals surface area contributed by atoms with Crippen molar-refractivity contribution in [1.82, 2.24) is 9.97 Å². The molecule has 1 aromatic heterocycles. The van der Waals surface area contributed by atoms with Crippen LogP contribution in [0.3, 0.4) is 0 Å². The van der Waals surface area contributed by atoms with E-state index in [9.17, 15) is 0 Å². The Hall–Kier alpha value is -0.870. The Morgan fingerprint density at radius 1 is 1.40 bits per heavy atom. The van der Waals surface area contributed by atoms with E-state index in [0.717, 1.165) is 21.3 Å². The van der Waals surface area contributed by atoms with E-state index in [4.69, 9.17) is 4.74 Å². The molecule has 0 bridgehead atoms. The van der Waals surface area contributed by atoms with E-state index in [2.05, 4.69) is 25.9 Å². The number of benzene rings is 1. The molecule has 4 heteroatoms. The first kappa shape index (κ1) is 10.6. The lowest BCUT2D eigenvalue weighted by Crippen LogP contribution is -2.21. The summed E-state index contributed by atoms with van der Waals surface area (Å²) in [7, 11) is 1.68. The Balaban J connectivity index is 2.56. The molecule has 0 atom stereocenters. The van der Waals surface area contributed by atoms with Crippen LogP contribution in [-0.2, 0) is 10.3 Å². The van der Waals surface area contributed by atoms with Gasteiger partial charge in [0.05, 0.1) is 11.0 Å². The van der Waals surface area contributed by atoms with Crippen LogP contribution in [0.5, 0.6) is 0 Å². The second kappa shape index (κ2) is 3.61. The third-order valence-electron chi connectivity index (χ3n) is 2.52. The highest BCUT2D eigenvalue weighted by Crippen LogP contribution is 2.25. The lowest BCUT2D eigenvalue weighted by atomic mass is 10.1. The van der Waals surface area contributed by atoms with Gasteiger partial charge in [0.1, 0.15) is 11.4 Å². The summed E-state index contributed by atoms with van der Waals surface area (Å²) in [6.07, 6.45) is 0. The second-order valence-corrected chi connectivity index (χ2v) is 4.88. The number of nitrogens with zero attached hydrogens (tertiary/aromatic N) is 1. The maximum absolute atomic E-state index is 5.38. The number of hydrogen-bond acceptors (Lipinski definition) is 2. The van der Waals surface area contributed by atoms with Crippen LogP contribution in [0, 0.1) is 0 Å². The number of methoxy groups -OCH3 is 1. The van der Waals surface area contributed by atoms with Crippen molar-refractivity contribution in [2.45, 2.75) is 19.4 Å². The monoisotopic (exact) mass is 268 g/mol. The summed E-state index contributed by atoms with van der Waals surface area (Å²) in [5, 5.41) is 0. The minimum absolute atomic E-state index is 0.383. The van der Waals surface area contributed by atoms with Crippen molar-refractivity contribution in [2.75, 3.05) is 7.11 Å². The number of aromatic amines is 1. The zero-order chi connectivity index (χ0) is 11.1. The fourth-order valence-electron chi connectivity index (χ4n) is 1.36. The summed E-state index contributed by atoms with van der Waals surface area (Å²) in [5.41, 5.74) is 1.59. The van der Waals surface area contributed by atoms with E-state index < -0.39 is 0 Å². The Morgan fingerprint density at radius 2 is 2.13 bits per heavy atom. The predicted molar refractivity (Wildman–Crippen MR) is 63.8 cm³/mol. The van der Waals surface area contributed by atoms with Crippen LogP contribution in [0.2, 0.25) is 0 Å². The second-order valence-electron chi connectivity index (χ2n) is 3.96. The van der Waals surface area contributed by atoms with Gasteiger partial charge in [-0.1, -0.05) is 15.9 Å². The van der Waals surface area contributed by atoms with Crippen molar-refractivity contribution >= 4 is 27.0 Å². The number of ether oxygens (including phenoxy) is 1. The maximum atomic E-state index is 5.38. The lowest BCUT2D eigenvalue weighted by Gasteiger charge is -2.19. The molecule has 80 valence electrons. The first-order valence-electron chi connectivity index (χ1n) is 4.74. The number of aromatic nitrogens is 2. The van der Waals surface area contributed by atoms with E-state index in [1.165, 1.54) is 0 Å². The topological polar surface area (TPSA) is 37.9 Å². The summed E-state index contributed by atoms with van der Waals surface area (Å²) in [6.45, 7) is 3.97. The molecule has 3 nitrogen and oxygen atoms in total. The highest BCUT2D eigenvalue weighted by atomic mass is 79.9. The molecule has 0 radical (unpaired) electrons. The highest BCUT2D eigenvalue weighted by Gasteiger charge is 2.23. The maximum Gasteiger partial charge on any atom is 0.139 e. The summed E-state index contributed by atoms with van der Waals surface area (Å²) >= 11 is 3.43. The minimum Gasteiger partial charge on any atom is -0.371 e. The summed E-state index contributed by atoms with van der Waals surface area (Å²) in [6, 6.07) is 5.97. The Kier molecular flexibility index (Phi) is 2.56. The quantitative estimate of drug-likeness (QED) is 0.909. The van der Waals surface area contributed by atoms with Gasteiger partial charge in [0.25, 0.3) is 0 Å². The zero-order valence-electron chi connectivity index (χ0n) is 8.97. The van der Waals surface area contributed by atoms with Gasteiger partial charge in [0.2, 0.25) is 0 Å². The van der Waals surface area contributed by atoms with Crippen molar-refractivity contribution in [1.29, 1.82) is 0 Å². The molecule has 0 aliphatic carbocycles. The highest BCUT2D eigenvalue weighted by molar-refractivity contribution is 9.10. The third-order valence-corrected chi connectivity index (χ3v) is 3.02. The van der Waals surface area contributed by atoms with E-state index >= 15 is 0 Å². The molecule has 0 amide bonds. The lowest BCUT2D eigenvalue weighted by molar-refractivity contribution is 0.0124. The molecule has 1 aromatic carbocycles. The van der Waals surface area contributed by atoms with Crippen molar-refractivity contribution in [3.63, 3.8) is 0 Å². The number of rotatable bonds is 2. The molecule has 0 fully saturated rings. The molecule has 0 aliphatic rings. The number of hydrogen-bond donors (Lipinski definition) is 1. The molecule has 0 saturated heterocycles. The predicted octanol–water partition coefficient (Wildman–Crippen LogP) is 3.21. The van der Waals surface area contributed by atoms with Crippen LogP contribution >= 0.6 is 15.9 Å². The van der Waals surface area contributed by atoms with Gasteiger partial charge in [-0.2, -0.15) is 0 Å². The van der Waals surface area contributed by atoms with Gasteiger partial charge in [0, 0.05) is 11.6 Å². The normalized spacial score (nSPS) is 12.3. The first-order valence-corrected chi connectivity index (χ1v) is 5.53. The molecule has 1 heterocycles. The first-order chi connectivity index (χ1) is 7.03. The summed E-state index contributed by atoms with van der Waals surface area (Å²) in [5.74, 6) is 0.845. The molecule has 0 aliphatic heterocycles. The molecule has 0 saturated carbocycles. The van der Waals surface area contributed by atoms with Crippen LogP contribution in [0.15, 0.2) is 22.7 Å². The number of halogens is 1. The van der Waals surface area contributed by atoms with E-state index in [0.29, 0.717) is 0 Å². The average Bonchev–Trinajstić information content (AvgIpc) is 2.61. The van der Waals surface area contributed by atoms with Gasteiger partial charge in [-0.3, -0.25) is 0 Å². The molecule has 2 rings (SSSR count). The molecule has 15 heavy (non-hydrogen) atoms. The fraction of sp³-hybridized carbons (Fsp3) is 0.364. The smallest absolute Gasteiger partial charge is 0.139 e. The average molecular weight is 269 g/mol. The number of H-pyrrole nitrogens is 1. The number of fused-ring (bicyclic) bond motifs is 1. The van der Waals surface area contributed by atoms with Crippen LogP contribution in [0.1, 0.15) is 19.7 Å². The van der Waals surface area contributed by atoms with Crippen LogP contribution in [0.25, 0.3) is 11.0 Å². The summed E-state index contributed by atoms with van der Waals surface area (Å²) in [4.78, 5) is 7.76. The number of nitrogens with one attached hydrogen (secondary N) is 1. The van der Waals surface area contributed by atoms with Gasteiger partial charge in [-0.05, 0) is 32.0 Å². The minimum atomic E-state index is -0.383. The standard InChI is InChI=1S/C11H13BrN2O/c1-11(2,15-3)10-13-8-5-4-7(12)6-9(8)14-10/h4-6H,1-3H3,(H,13,14). The summed E-state index contributed by atoms with van der Waals surface area (Å²) < 4.78 is 6.42. The SMILES string of the molecule is COC(C)(C)c1nc2ccc(Br)cc2[nH]1. The van der Waals surface area contributed by atoms with Crippen molar-refractivity contribution in [3.05, 3.63) is 28.5 Å². The molecular formula is C11H13BrN2O. The Morgan fingerprint density at radius 3 is 2.80 bits per heavy atom. The van der Waals surface area contributed by atoms with Gasteiger partial charge >= 0.3 is 0 Å². The third kappa shape index (κ3) is 1.92. The van der Waals surface area contributed by atoms with Crippen LogP contribution < -0.4 is 0 Å². The fourth-order valence-corrected chi connectivity index (χ4v) is 1.72. The number of imidazole rings is 1. The van der Waals surface area contributed by atoms with Gasteiger partial charge in [-0.25, -0.2) is 4.98 Å². The van der Waals surface area contributed by atoms with Gasteiger partial charge < -0.3 is 9.72 Å². The van der Waals surface area contributed by atoms with E-state index in [1.54, 1.807) is 7.11 Å². The van der Waals surface area contributed by atoms with Crippen molar-refractivity contribution in [3.8, 4) is 0 Å². The Bertz CT molecular complexity index is 490. The zero-order valence-corrected chi connectivity index (χ0v) is 10.6. The molecular weight excluding hydrogens is 256 g/mol. The van der Waals surface area contributed by atoms with Gasteiger partial charge in [-0.15, -0.1) is 0 Å². The van der Waals surface area contributed by atoms with Crippen molar-refractivity contribution < 1.29 is 4.74 Å². The van der Waals surface area contributed by atoms with E-state index in [1.807, 2.05) is 32.0 Å². The van der Waals surface area contributed by atoms with Gasteiger partial charge in [0.15, 0.2) is 0 Å². The Labute approximate surface area is 97.0 Å². The molecule has 0 spiro atoms.